The lowest BCUT2D eigenvalue weighted by molar-refractivity contribution is 0.415. The van der Waals surface area contributed by atoms with E-state index in [2.05, 4.69) is 27.3 Å². The number of hydrogen-bond donors (Lipinski definition) is 2. The van der Waals surface area contributed by atoms with Gasteiger partial charge < -0.3 is 15.4 Å². The Labute approximate surface area is 149 Å². The highest BCUT2D eigenvalue weighted by Gasteiger charge is 2.13. The van der Waals surface area contributed by atoms with Gasteiger partial charge in [0.1, 0.15) is 11.6 Å². The van der Waals surface area contributed by atoms with E-state index >= 15 is 0 Å². The molecule has 0 saturated carbocycles. The molecule has 2 N–H and O–H groups in total. The number of nitrogens with zero attached hydrogens (tertiary/aromatic N) is 3. The van der Waals surface area contributed by atoms with Crippen molar-refractivity contribution in [3.8, 4) is 10.9 Å². The van der Waals surface area contributed by atoms with Crippen LogP contribution in [-0.2, 0) is 0 Å². The number of methoxy groups -OCH3 is 1. The van der Waals surface area contributed by atoms with Crippen LogP contribution >= 0.6 is 23.6 Å². The average Bonchev–Trinajstić information content (AvgIpc) is 3.14. The van der Waals surface area contributed by atoms with E-state index in [9.17, 15) is 0 Å². The maximum Gasteiger partial charge on any atom is 0.213 e. The summed E-state index contributed by atoms with van der Waals surface area (Å²) in [5, 5.41) is 12.0. The number of aryl methyl sites for hydroxylation is 1. The number of thiazole rings is 1. The molecule has 2 heterocycles. The fourth-order valence-corrected chi connectivity index (χ4v) is 3.32. The fourth-order valence-electron chi connectivity index (χ4n) is 2.17. The number of ether oxygens (including phenoxy) is 1. The Morgan fingerprint density at radius 1 is 1.46 bits per heavy atom. The van der Waals surface area contributed by atoms with Crippen molar-refractivity contribution in [3.63, 3.8) is 0 Å². The van der Waals surface area contributed by atoms with E-state index in [0.29, 0.717) is 11.7 Å². The molecule has 2 aromatic heterocycles. The van der Waals surface area contributed by atoms with E-state index in [0.717, 1.165) is 32.6 Å². The summed E-state index contributed by atoms with van der Waals surface area (Å²) in [5.74, 6) is 1.57. The van der Waals surface area contributed by atoms with Gasteiger partial charge in [-0.05, 0) is 37.3 Å². The summed E-state index contributed by atoms with van der Waals surface area (Å²) in [6.07, 6.45) is 1.75. The van der Waals surface area contributed by atoms with E-state index in [1.807, 2.05) is 31.2 Å². The first kappa shape index (κ1) is 16.4. The first-order valence-corrected chi connectivity index (χ1v) is 8.50. The van der Waals surface area contributed by atoms with E-state index in [-0.39, 0.29) is 0 Å². The lowest BCUT2D eigenvalue weighted by Crippen LogP contribution is -2.29. The highest BCUT2D eigenvalue weighted by atomic mass is 32.1. The van der Waals surface area contributed by atoms with Crippen molar-refractivity contribution in [2.24, 2.45) is 0 Å². The number of nitrogens with one attached hydrogen (secondary N) is 2. The van der Waals surface area contributed by atoms with Gasteiger partial charge in [-0.3, -0.25) is 0 Å². The van der Waals surface area contributed by atoms with Crippen molar-refractivity contribution < 1.29 is 4.74 Å². The topological polar surface area (TPSA) is 64.0 Å². The molecule has 3 aromatic rings. The van der Waals surface area contributed by atoms with E-state index in [4.69, 9.17) is 17.0 Å². The minimum absolute atomic E-state index is 0.513. The molecule has 24 heavy (non-hydrogen) atoms. The molecule has 8 heteroatoms. The molecular formula is C16H17N5OS2. The maximum atomic E-state index is 5.27. The molecule has 0 aliphatic carbocycles. The minimum atomic E-state index is 0.513. The molecule has 0 atom stereocenters. The molecule has 0 unspecified atom stereocenters. The van der Waals surface area contributed by atoms with Crippen LogP contribution < -0.4 is 15.4 Å². The normalized spacial score (nSPS) is 10.6. The number of thiocarbonyl (C=S) groups is 1. The van der Waals surface area contributed by atoms with Crippen LogP contribution in [0.5, 0.6) is 5.75 Å². The fraction of sp³-hybridized carbons (Fsp3) is 0.188. The summed E-state index contributed by atoms with van der Waals surface area (Å²) >= 11 is 6.81. The second kappa shape index (κ2) is 6.98. The zero-order valence-electron chi connectivity index (χ0n) is 13.4. The summed E-state index contributed by atoms with van der Waals surface area (Å²) in [4.78, 5) is 4.65. The molecule has 6 nitrogen and oxygen atoms in total. The highest BCUT2D eigenvalue weighted by molar-refractivity contribution is 7.80. The van der Waals surface area contributed by atoms with Crippen molar-refractivity contribution in [3.05, 3.63) is 42.6 Å². The van der Waals surface area contributed by atoms with Crippen molar-refractivity contribution in [2.45, 2.75) is 6.92 Å². The number of fused-ring (bicyclic) bond motifs is 1. The van der Waals surface area contributed by atoms with Gasteiger partial charge in [0.25, 0.3) is 0 Å². The number of rotatable bonds is 5. The largest absolute Gasteiger partial charge is 0.497 e. The Balaban J connectivity index is 1.94. The van der Waals surface area contributed by atoms with Gasteiger partial charge in [-0.1, -0.05) is 17.4 Å². The summed E-state index contributed by atoms with van der Waals surface area (Å²) in [5.41, 5.74) is 1.78. The third kappa shape index (κ3) is 3.39. The van der Waals surface area contributed by atoms with Gasteiger partial charge in [-0.15, -0.1) is 6.58 Å². The lowest BCUT2D eigenvalue weighted by Gasteiger charge is -2.09. The lowest BCUT2D eigenvalue weighted by atomic mass is 10.3. The van der Waals surface area contributed by atoms with Crippen LogP contribution in [0.25, 0.3) is 15.3 Å². The second-order valence-electron chi connectivity index (χ2n) is 5.04. The van der Waals surface area contributed by atoms with Gasteiger partial charge in [0.05, 0.1) is 23.0 Å². The molecule has 0 bridgehead atoms. The number of aromatic nitrogens is 3. The minimum Gasteiger partial charge on any atom is -0.497 e. The summed E-state index contributed by atoms with van der Waals surface area (Å²) in [7, 11) is 1.65. The quantitative estimate of drug-likeness (QED) is 0.538. The van der Waals surface area contributed by atoms with Crippen LogP contribution in [0.3, 0.4) is 0 Å². The van der Waals surface area contributed by atoms with Crippen molar-refractivity contribution in [2.75, 3.05) is 19.0 Å². The molecule has 0 aliphatic heterocycles. The average molecular weight is 359 g/mol. The second-order valence-corrected chi connectivity index (χ2v) is 6.45. The van der Waals surface area contributed by atoms with E-state index < -0.39 is 0 Å². The molecule has 0 amide bonds. The zero-order valence-corrected chi connectivity index (χ0v) is 15.0. The van der Waals surface area contributed by atoms with E-state index in [1.54, 1.807) is 29.2 Å². The maximum absolute atomic E-state index is 5.27. The van der Waals surface area contributed by atoms with Gasteiger partial charge in [-0.2, -0.15) is 9.78 Å². The molecule has 0 aliphatic rings. The number of anilines is 1. The van der Waals surface area contributed by atoms with Crippen LogP contribution in [0, 0.1) is 6.92 Å². The van der Waals surface area contributed by atoms with Gasteiger partial charge >= 0.3 is 0 Å². The first-order valence-electron chi connectivity index (χ1n) is 7.28. The molecular weight excluding hydrogens is 342 g/mol. The van der Waals surface area contributed by atoms with Crippen molar-refractivity contribution >= 4 is 44.7 Å². The molecule has 0 saturated heterocycles. The highest BCUT2D eigenvalue weighted by Crippen LogP contribution is 2.29. The van der Waals surface area contributed by atoms with Crippen LogP contribution in [0.2, 0.25) is 0 Å². The molecule has 124 valence electrons. The number of hydrogen-bond acceptors (Lipinski definition) is 5. The summed E-state index contributed by atoms with van der Waals surface area (Å²) in [6.45, 7) is 6.19. The van der Waals surface area contributed by atoms with Crippen LogP contribution in [0.15, 0.2) is 36.9 Å². The Kier molecular flexibility index (Phi) is 4.77. The molecule has 1 aromatic carbocycles. The molecule has 0 fully saturated rings. The Hall–Kier alpha value is -2.45. The van der Waals surface area contributed by atoms with Gasteiger partial charge in [0.2, 0.25) is 5.13 Å². The first-order chi connectivity index (χ1) is 11.6. The predicted octanol–water partition coefficient (Wildman–Crippen LogP) is 3.27. The van der Waals surface area contributed by atoms with Gasteiger partial charge in [0.15, 0.2) is 5.11 Å². The summed E-state index contributed by atoms with van der Waals surface area (Å²) < 4.78 is 8.06. The number of benzene rings is 1. The molecule has 0 radical (unpaired) electrons. The van der Waals surface area contributed by atoms with Crippen molar-refractivity contribution in [1.29, 1.82) is 0 Å². The zero-order chi connectivity index (χ0) is 17.1. The Morgan fingerprint density at radius 3 is 3.04 bits per heavy atom. The molecule has 3 rings (SSSR count). The molecule has 0 spiro atoms. The Bertz CT molecular complexity index is 899. The van der Waals surface area contributed by atoms with Crippen LogP contribution in [-0.4, -0.2) is 33.5 Å². The van der Waals surface area contributed by atoms with E-state index in [1.165, 1.54) is 0 Å². The smallest absolute Gasteiger partial charge is 0.213 e. The monoisotopic (exact) mass is 359 g/mol. The van der Waals surface area contributed by atoms with Gasteiger partial charge in [-0.25, -0.2) is 4.98 Å². The SMILES string of the molecule is C=CCNC(=S)Nc1cc(C)nn1-c1nc2ccc(OC)cc2s1. The van der Waals surface area contributed by atoms with Gasteiger partial charge in [0, 0.05) is 12.6 Å². The third-order valence-corrected chi connectivity index (χ3v) is 4.49. The van der Waals surface area contributed by atoms with Crippen LogP contribution in [0.4, 0.5) is 5.82 Å². The Morgan fingerprint density at radius 2 is 2.29 bits per heavy atom. The predicted molar refractivity (Wildman–Crippen MR) is 102 cm³/mol. The summed E-state index contributed by atoms with van der Waals surface area (Å²) in [6, 6.07) is 7.73. The van der Waals surface area contributed by atoms with Crippen LogP contribution in [0.1, 0.15) is 5.69 Å². The standard InChI is InChI=1S/C16H17N5OS2/c1-4-7-17-15(23)19-14-8-10(2)20-21(14)16-18-12-6-5-11(22-3)9-13(12)24-16/h4-6,8-9H,1,7H2,2-3H3,(H2,17,19,23). The third-order valence-electron chi connectivity index (χ3n) is 3.25. The van der Waals surface area contributed by atoms with Crippen molar-refractivity contribution in [1.82, 2.24) is 20.1 Å².